The normalized spacial score (nSPS) is 13.2. The van der Waals surface area contributed by atoms with Crippen LogP contribution in [0.3, 0.4) is 0 Å². The Bertz CT molecular complexity index is 604. The molecule has 0 unspecified atom stereocenters. The monoisotopic (exact) mass is 259 g/mol. The van der Waals surface area contributed by atoms with E-state index in [-0.39, 0.29) is 5.78 Å². The van der Waals surface area contributed by atoms with E-state index in [0.29, 0.717) is 6.42 Å². The first-order chi connectivity index (χ1) is 8.72. The molecule has 4 heteroatoms. The molecule has 0 fully saturated rings. The summed E-state index contributed by atoms with van der Waals surface area (Å²) in [5, 5.41) is 2.95. The summed E-state index contributed by atoms with van der Waals surface area (Å²) in [4.78, 5) is 16.5. The number of carbonyl (C=O) groups is 1. The Hall–Kier alpha value is -1.68. The van der Waals surface area contributed by atoms with Crippen LogP contribution in [0.5, 0.6) is 5.75 Å². The predicted octanol–water partition coefficient (Wildman–Crippen LogP) is 2.81. The van der Waals surface area contributed by atoms with Gasteiger partial charge in [-0.3, -0.25) is 4.79 Å². The van der Waals surface area contributed by atoms with E-state index in [1.54, 1.807) is 11.3 Å². The fourth-order valence-corrected chi connectivity index (χ4v) is 2.73. The molecule has 0 radical (unpaired) electrons. The fourth-order valence-electron chi connectivity index (χ4n) is 2.12. The van der Waals surface area contributed by atoms with Crippen LogP contribution >= 0.6 is 11.3 Å². The van der Waals surface area contributed by atoms with Gasteiger partial charge in [-0.1, -0.05) is 0 Å². The third-order valence-electron chi connectivity index (χ3n) is 3.02. The number of aromatic nitrogens is 1. The van der Waals surface area contributed by atoms with Gasteiger partial charge in [0.05, 0.1) is 23.7 Å². The van der Waals surface area contributed by atoms with Gasteiger partial charge >= 0.3 is 0 Å². The fraction of sp³-hybridized carbons (Fsp3) is 0.286. The second-order valence-electron chi connectivity index (χ2n) is 4.38. The van der Waals surface area contributed by atoms with Gasteiger partial charge < -0.3 is 4.74 Å². The first-order valence-corrected chi connectivity index (χ1v) is 6.80. The van der Waals surface area contributed by atoms with Gasteiger partial charge in [0.1, 0.15) is 5.75 Å². The van der Waals surface area contributed by atoms with Gasteiger partial charge in [-0.2, -0.15) is 0 Å². The van der Waals surface area contributed by atoms with Crippen LogP contribution in [-0.2, 0) is 12.8 Å². The van der Waals surface area contributed by atoms with Crippen molar-refractivity contribution in [3.8, 4) is 5.75 Å². The first kappa shape index (κ1) is 11.4. The summed E-state index contributed by atoms with van der Waals surface area (Å²) >= 11 is 1.58. The summed E-state index contributed by atoms with van der Waals surface area (Å²) < 4.78 is 5.43. The van der Waals surface area contributed by atoms with Gasteiger partial charge in [-0.25, -0.2) is 4.98 Å². The van der Waals surface area contributed by atoms with Crippen LogP contribution in [0.15, 0.2) is 23.6 Å². The number of rotatable bonds is 3. The zero-order valence-electron chi connectivity index (χ0n) is 10.1. The lowest BCUT2D eigenvalue weighted by molar-refractivity contribution is 0.0992. The van der Waals surface area contributed by atoms with Crippen LogP contribution in [0.1, 0.15) is 26.6 Å². The maximum Gasteiger partial charge on any atom is 0.168 e. The molecule has 1 aliphatic heterocycles. The summed E-state index contributed by atoms with van der Waals surface area (Å²) in [6.45, 7) is 2.67. The van der Waals surface area contributed by atoms with E-state index in [1.165, 1.54) is 0 Å². The highest BCUT2D eigenvalue weighted by molar-refractivity contribution is 7.09. The van der Waals surface area contributed by atoms with Crippen molar-refractivity contribution >= 4 is 17.1 Å². The largest absolute Gasteiger partial charge is 0.493 e. The Kier molecular flexibility index (Phi) is 2.88. The summed E-state index contributed by atoms with van der Waals surface area (Å²) in [6.07, 6.45) is 1.27. The van der Waals surface area contributed by atoms with Crippen molar-refractivity contribution in [1.82, 2.24) is 4.98 Å². The molecule has 0 spiro atoms. The van der Waals surface area contributed by atoms with Crippen molar-refractivity contribution in [2.75, 3.05) is 6.61 Å². The van der Waals surface area contributed by atoms with Crippen LogP contribution < -0.4 is 4.74 Å². The molecule has 3 rings (SSSR count). The molecule has 0 saturated heterocycles. The number of nitrogens with zero attached hydrogens (tertiary/aromatic N) is 1. The molecule has 2 heterocycles. The Morgan fingerprint density at radius 1 is 1.50 bits per heavy atom. The lowest BCUT2D eigenvalue weighted by atomic mass is 10.0. The molecular formula is C14H13NO2S. The molecule has 0 saturated carbocycles. The minimum absolute atomic E-state index is 0.120. The van der Waals surface area contributed by atoms with E-state index in [0.717, 1.165) is 40.6 Å². The summed E-state index contributed by atoms with van der Waals surface area (Å²) in [7, 11) is 0. The molecule has 3 nitrogen and oxygen atoms in total. The Morgan fingerprint density at radius 3 is 3.17 bits per heavy atom. The van der Waals surface area contributed by atoms with Crippen molar-refractivity contribution < 1.29 is 9.53 Å². The summed E-state index contributed by atoms with van der Waals surface area (Å²) in [5.41, 5.74) is 2.75. The van der Waals surface area contributed by atoms with Crippen molar-refractivity contribution in [2.45, 2.75) is 19.8 Å². The van der Waals surface area contributed by atoms with Gasteiger partial charge in [0.25, 0.3) is 0 Å². The number of benzene rings is 1. The molecule has 0 bridgehead atoms. The second kappa shape index (κ2) is 4.53. The number of hydrogen-bond acceptors (Lipinski definition) is 4. The number of ketones is 1. The lowest BCUT2D eigenvalue weighted by Crippen LogP contribution is -2.04. The molecule has 0 amide bonds. The Labute approximate surface area is 109 Å². The van der Waals surface area contributed by atoms with Crippen LogP contribution in [0.25, 0.3) is 0 Å². The number of hydrogen-bond donors (Lipinski definition) is 0. The third kappa shape index (κ3) is 2.16. The summed E-state index contributed by atoms with van der Waals surface area (Å²) in [5.74, 6) is 1.03. The van der Waals surface area contributed by atoms with Crippen molar-refractivity contribution in [2.24, 2.45) is 0 Å². The van der Waals surface area contributed by atoms with E-state index in [1.807, 2.05) is 30.5 Å². The molecule has 0 atom stereocenters. The van der Waals surface area contributed by atoms with Crippen molar-refractivity contribution in [3.05, 3.63) is 45.4 Å². The maximum absolute atomic E-state index is 12.1. The average molecular weight is 259 g/mol. The predicted molar refractivity (Wildman–Crippen MR) is 70.5 cm³/mol. The Morgan fingerprint density at radius 2 is 2.39 bits per heavy atom. The Balaban J connectivity index is 1.80. The smallest absolute Gasteiger partial charge is 0.168 e. The first-order valence-electron chi connectivity index (χ1n) is 5.92. The minimum atomic E-state index is 0.120. The standard InChI is InChI=1S/C14H13NO2S/c1-9-15-12(8-18-9)7-13(16)10-2-3-14-11(6-10)4-5-17-14/h2-3,6,8H,4-5,7H2,1H3. The molecule has 0 aliphatic carbocycles. The number of aryl methyl sites for hydroxylation is 1. The summed E-state index contributed by atoms with van der Waals surface area (Å²) in [6, 6.07) is 5.68. The van der Waals surface area contributed by atoms with Crippen molar-refractivity contribution in [1.29, 1.82) is 0 Å². The molecule has 1 aromatic heterocycles. The van der Waals surface area contributed by atoms with Gasteiger partial charge in [-0.05, 0) is 30.7 Å². The number of fused-ring (bicyclic) bond motifs is 1. The minimum Gasteiger partial charge on any atom is -0.493 e. The van der Waals surface area contributed by atoms with Crippen LogP contribution in [0, 0.1) is 6.92 Å². The number of carbonyl (C=O) groups excluding carboxylic acids is 1. The highest BCUT2D eigenvalue weighted by atomic mass is 32.1. The van der Waals surface area contributed by atoms with Crippen molar-refractivity contribution in [3.63, 3.8) is 0 Å². The maximum atomic E-state index is 12.1. The topological polar surface area (TPSA) is 39.2 Å². The zero-order valence-corrected chi connectivity index (χ0v) is 10.9. The van der Waals surface area contributed by atoms with Crippen LogP contribution in [-0.4, -0.2) is 17.4 Å². The quantitative estimate of drug-likeness (QED) is 0.796. The SMILES string of the molecule is Cc1nc(CC(=O)c2ccc3c(c2)CCO3)cs1. The molecule has 0 N–H and O–H groups in total. The van der Waals surface area contributed by atoms with E-state index in [9.17, 15) is 4.79 Å². The number of thiazole rings is 1. The molecule has 1 aromatic carbocycles. The number of Topliss-reactive ketones (excluding diaryl/α,β-unsaturated/α-hetero) is 1. The third-order valence-corrected chi connectivity index (χ3v) is 3.84. The zero-order chi connectivity index (χ0) is 12.5. The van der Waals surface area contributed by atoms with E-state index in [2.05, 4.69) is 4.98 Å². The highest BCUT2D eigenvalue weighted by Crippen LogP contribution is 2.26. The van der Waals surface area contributed by atoms with Gasteiger partial charge in [0.15, 0.2) is 5.78 Å². The van der Waals surface area contributed by atoms with Gasteiger partial charge in [0, 0.05) is 17.4 Å². The van der Waals surface area contributed by atoms with E-state index < -0.39 is 0 Å². The average Bonchev–Trinajstić information content (AvgIpc) is 2.96. The van der Waals surface area contributed by atoms with Gasteiger partial charge in [-0.15, -0.1) is 11.3 Å². The molecule has 2 aromatic rings. The van der Waals surface area contributed by atoms with E-state index in [4.69, 9.17) is 4.74 Å². The van der Waals surface area contributed by atoms with E-state index >= 15 is 0 Å². The molecule has 1 aliphatic rings. The molecular weight excluding hydrogens is 246 g/mol. The van der Waals surface area contributed by atoms with Gasteiger partial charge in [0.2, 0.25) is 0 Å². The second-order valence-corrected chi connectivity index (χ2v) is 5.44. The molecule has 18 heavy (non-hydrogen) atoms. The number of ether oxygens (including phenoxy) is 1. The lowest BCUT2D eigenvalue weighted by Gasteiger charge is -2.02. The van der Waals surface area contributed by atoms with Crippen LogP contribution in [0.2, 0.25) is 0 Å². The van der Waals surface area contributed by atoms with Crippen LogP contribution in [0.4, 0.5) is 0 Å². The molecule has 92 valence electrons. The highest BCUT2D eigenvalue weighted by Gasteiger charge is 2.15.